The average Bonchev–Trinajstić information content (AvgIpc) is 3.30. The van der Waals surface area contributed by atoms with Gasteiger partial charge in [0, 0.05) is 23.6 Å². The number of hydrogen-bond acceptors (Lipinski definition) is 3. The van der Waals surface area contributed by atoms with Gasteiger partial charge in [-0.2, -0.15) is 0 Å². The Balaban J connectivity index is 1.49. The lowest BCUT2D eigenvalue weighted by atomic mass is 9.96. The molecule has 126 valence electrons. The Morgan fingerprint density at radius 2 is 2.12 bits per heavy atom. The summed E-state index contributed by atoms with van der Waals surface area (Å²) in [5.41, 5.74) is 2.51. The quantitative estimate of drug-likeness (QED) is 0.771. The van der Waals surface area contributed by atoms with Gasteiger partial charge >= 0.3 is 0 Å². The van der Waals surface area contributed by atoms with E-state index < -0.39 is 5.60 Å². The van der Waals surface area contributed by atoms with Crippen LogP contribution in [0.1, 0.15) is 27.9 Å². The van der Waals surface area contributed by atoms with Gasteiger partial charge in [0.1, 0.15) is 5.60 Å². The fourth-order valence-electron chi connectivity index (χ4n) is 3.40. The van der Waals surface area contributed by atoms with Crippen molar-refractivity contribution >= 4 is 5.91 Å². The van der Waals surface area contributed by atoms with Crippen molar-refractivity contribution in [2.24, 2.45) is 0 Å². The molecule has 1 heterocycles. The molecular formula is C20H19N3O2. The molecule has 1 aliphatic carbocycles. The van der Waals surface area contributed by atoms with E-state index in [0.29, 0.717) is 12.0 Å². The van der Waals surface area contributed by atoms with E-state index in [1.807, 2.05) is 53.2 Å². The number of hydrogen-bond donors (Lipinski definition) is 2. The van der Waals surface area contributed by atoms with E-state index >= 15 is 0 Å². The van der Waals surface area contributed by atoms with Gasteiger partial charge in [0.25, 0.3) is 5.91 Å². The summed E-state index contributed by atoms with van der Waals surface area (Å²) in [5, 5.41) is 13.8. The average molecular weight is 333 g/mol. The third-order valence-electron chi connectivity index (χ3n) is 4.78. The maximum absolute atomic E-state index is 12.5. The van der Waals surface area contributed by atoms with E-state index in [9.17, 15) is 9.90 Å². The summed E-state index contributed by atoms with van der Waals surface area (Å²) in [6.07, 6.45) is 6.67. The number of imidazole rings is 1. The van der Waals surface area contributed by atoms with Crippen molar-refractivity contribution < 1.29 is 9.90 Å². The summed E-state index contributed by atoms with van der Waals surface area (Å²) < 4.78 is 1.84. The summed E-state index contributed by atoms with van der Waals surface area (Å²) in [6, 6.07) is 15.2. The van der Waals surface area contributed by atoms with Gasteiger partial charge < -0.3 is 15.0 Å². The molecule has 0 saturated carbocycles. The molecule has 0 bridgehead atoms. The first kappa shape index (κ1) is 15.6. The minimum absolute atomic E-state index is 0.195. The van der Waals surface area contributed by atoms with E-state index in [2.05, 4.69) is 10.3 Å². The smallest absolute Gasteiger partial charge is 0.251 e. The van der Waals surface area contributed by atoms with Crippen molar-refractivity contribution in [1.82, 2.24) is 14.9 Å². The van der Waals surface area contributed by atoms with Crippen LogP contribution in [0.4, 0.5) is 0 Å². The van der Waals surface area contributed by atoms with Crippen LogP contribution in [0.5, 0.6) is 0 Å². The minimum atomic E-state index is -0.992. The van der Waals surface area contributed by atoms with Crippen LogP contribution < -0.4 is 5.32 Å². The maximum atomic E-state index is 12.5. The first-order valence-electron chi connectivity index (χ1n) is 8.33. The molecule has 1 unspecified atom stereocenters. The lowest BCUT2D eigenvalue weighted by Crippen LogP contribution is -2.39. The molecule has 4 rings (SSSR count). The number of benzene rings is 2. The molecule has 1 amide bonds. The molecule has 1 aromatic heterocycles. The predicted molar refractivity (Wildman–Crippen MR) is 94.6 cm³/mol. The molecule has 25 heavy (non-hydrogen) atoms. The van der Waals surface area contributed by atoms with Crippen molar-refractivity contribution in [3.63, 3.8) is 0 Å². The van der Waals surface area contributed by atoms with Crippen LogP contribution >= 0.6 is 0 Å². The number of aryl methyl sites for hydroxylation is 1. The van der Waals surface area contributed by atoms with Gasteiger partial charge in [0.05, 0.1) is 12.9 Å². The van der Waals surface area contributed by atoms with Crippen molar-refractivity contribution in [2.75, 3.05) is 6.54 Å². The molecule has 0 saturated heterocycles. The molecule has 5 nitrogen and oxygen atoms in total. The van der Waals surface area contributed by atoms with Gasteiger partial charge in [0.15, 0.2) is 0 Å². The minimum Gasteiger partial charge on any atom is -0.383 e. The molecule has 3 aromatic rings. The molecule has 2 N–H and O–H groups in total. The molecule has 0 spiro atoms. The fraction of sp³-hybridized carbons (Fsp3) is 0.200. The van der Waals surface area contributed by atoms with E-state index in [0.717, 1.165) is 23.2 Å². The normalized spacial score (nSPS) is 18.8. The SMILES string of the molecule is O=C(NCC1(O)CCc2ccccc21)c1cccc(-n2ccnc2)c1. The number of carbonyl (C=O) groups excluding carboxylic acids is 1. The van der Waals surface area contributed by atoms with Crippen LogP contribution in [0.3, 0.4) is 0 Å². The molecule has 5 heteroatoms. The number of aromatic nitrogens is 2. The second-order valence-corrected chi connectivity index (χ2v) is 6.39. The van der Waals surface area contributed by atoms with Crippen LogP contribution in [0.2, 0.25) is 0 Å². The Morgan fingerprint density at radius 3 is 2.96 bits per heavy atom. The third-order valence-corrected chi connectivity index (χ3v) is 4.78. The summed E-state index contributed by atoms with van der Waals surface area (Å²) in [6.45, 7) is 0.206. The van der Waals surface area contributed by atoms with E-state index in [1.165, 1.54) is 0 Å². The first-order chi connectivity index (χ1) is 12.2. The van der Waals surface area contributed by atoms with Crippen LogP contribution in [-0.2, 0) is 12.0 Å². The molecule has 1 atom stereocenters. The standard InChI is InChI=1S/C20H19N3O2/c24-19(16-5-3-6-17(12-16)23-11-10-21-14-23)22-13-20(25)9-8-15-4-1-2-7-18(15)20/h1-7,10-12,14,25H,8-9,13H2,(H,22,24). The number of fused-ring (bicyclic) bond motifs is 1. The highest BCUT2D eigenvalue weighted by molar-refractivity contribution is 5.94. The molecule has 1 aliphatic rings. The Bertz CT molecular complexity index is 905. The van der Waals surface area contributed by atoms with Gasteiger partial charge in [-0.15, -0.1) is 0 Å². The van der Waals surface area contributed by atoms with Crippen molar-refractivity contribution in [3.05, 3.63) is 83.9 Å². The lowest BCUT2D eigenvalue weighted by Gasteiger charge is -2.24. The van der Waals surface area contributed by atoms with Crippen molar-refractivity contribution in [1.29, 1.82) is 0 Å². The van der Waals surface area contributed by atoms with Crippen LogP contribution in [0.25, 0.3) is 5.69 Å². The number of amides is 1. The van der Waals surface area contributed by atoms with E-state index in [4.69, 9.17) is 0 Å². The summed E-state index contributed by atoms with van der Waals surface area (Å²) >= 11 is 0. The predicted octanol–water partition coefficient (Wildman–Crippen LogP) is 2.44. The zero-order chi connectivity index (χ0) is 17.3. The van der Waals surface area contributed by atoms with Gasteiger partial charge in [-0.1, -0.05) is 30.3 Å². The highest BCUT2D eigenvalue weighted by Crippen LogP contribution is 2.36. The van der Waals surface area contributed by atoms with Crippen LogP contribution in [0.15, 0.2) is 67.3 Å². The third kappa shape index (κ3) is 2.94. The highest BCUT2D eigenvalue weighted by Gasteiger charge is 2.36. The number of rotatable bonds is 4. The first-order valence-corrected chi connectivity index (χ1v) is 8.33. The van der Waals surface area contributed by atoms with Gasteiger partial charge in [0.2, 0.25) is 0 Å². The highest BCUT2D eigenvalue weighted by atomic mass is 16.3. The monoisotopic (exact) mass is 333 g/mol. The molecular weight excluding hydrogens is 314 g/mol. The van der Waals surface area contributed by atoms with Gasteiger partial charge in [-0.05, 0) is 42.2 Å². The molecule has 0 radical (unpaired) electrons. The fourth-order valence-corrected chi connectivity index (χ4v) is 3.40. The van der Waals surface area contributed by atoms with Crippen LogP contribution in [0, 0.1) is 0 Å². The lowest BCUT2D eigenvalue weighted by molar-refractivity contribution is 0.0369. The Morgan fingerprint density at radius 1 is 1.24 bits per heavy atom. The zero-order valence-electron chi connectivity index (χ0n) is 13.7. The Kier molecular flexibility index (Phi) is 3.86. The van der Waals surface area contributed by atoms with Crippen molar-refractivity contribution in [2.45, 2.75) is 18.4 Å². The van der Waals surface area contributed by atoms with E-state index in [1.54, 1.807) is 18.6 Å². The molecule has 0 fully saturated rings. The maximum Gasteiger partial charge on any atom is 0.251 e. The second-order valence-electron chi connectivity index (χ2n) is 6.39. The summed E-state index contributed by atoms with van der Waals surface area (Å²) in [5.74, 6) is -0.195. The van der Waals surface area contributed by atoms with Crippen molar-refractivity contribution in [3.8, 4) is 5.69 Å². The van der Waals surface area contributed by atoms with Crippen LogP contribution in [-0.4, -0.2) is 27.1 Å². The molecule has 0 aliphatic heterocycles. The largest absolute Gasteiger partial charge is 0.383 e. The number of nitrogens with one attached hydrogen (secondary N) is 1. The van der Waals surface area contributed by atoms with E-state index in [-0.39, 0.29) is 12.5 Å². The Hall–Kier alpha value is -2.92. The topological polar surface area (TPSA) is 67.2 Å². The number of aliphatic hydroxyl groups is 1. The number of nitrogens with zero attached hydrogens (tertiary/aromatic N) is 2. The summed E-state index contributed by atoms with van der Waals surface area (Å²) in [4.78, 5) is 16.6. The number of carbonyl (C=O) groups is 1. The molecule has 2 aromatic carbocycles. The summed E-state index contributed by atoms with van der Waals surface area (Å²) in [7, 11) is 0. The second kappa shape index (κ2) is 6.18. The zero-order valence-corrected chi connectivity index (χ0v) is 13.7. The van der Waals surface area contributed by atoms with Gasteiger partial charge in [-0.25, -0.2) is 4.98 Å². The van der Waals surface area contributed by atoms with Gasteiger partial charge in [-0.3, -0.25) is 4.79 Å². The Labute approximate surface area is 146 Å².